The van der Waals surface area contributed by atoms with Crippen LogP contribution < -0.4 is 10.5 Å². The van der Waals surface area contributed by atoms with E-state index < -0.39 is 0 Å². The SMILES string of the molecule is COc1ccc2cc(-c3nc4cc(C(=O)N5C[C@H](N)CC[C@@H]5C)ccc4n3C)n(CC3CC3)c2n1. The summed E-state index contributed by atoms with van der Waals surface area (Å²) < 4.78 is 9.78. The van der Waals surface area contributed by atoms with Crippen LogP contribution in [0.25, 0.3) is 33.6 Å². The first kappa shape index (κ1) is 22.1. The van der Waals surface area contributed by atoms with Gasteiger partial charge in [-0.2, -0.15) is 4.98 Å². The highest BCUT2D eigenvalue weighted by atomic mass is 16.5. The van der Waals surface area contributed by atoms with Crippen molar-refractivity contribution in [2.75, 3.05) is 13.7 Å². The summed E-state index contributed by atoms with van der Waals surface area (Å²) in [7, 11) is 3.68. The van der Waals surface area contributed by atoms with Gasteiger partial charge < -0.3 is 24.5 Å². The Labute approximate surface area is 204 Å². The quantitative estimate of drug-likeness (QED) is 0.475. The molecule has 2 N–H and O–H groups in total. The van der Waals surface area contributed by atoms with E-state index in [1.54, 1.807) is 7.11 Å². The Balaban J connectivity index is 1.42. The van der Waals surface area contributed by atoms with Crippen LogP contribution in [-0.2, 0) is 13.6 Å². The number of amides is 1. The molecular weight excluding hydrogens is 440 g/mol. The number of imidazole rings is 1. The molecule has 2 fully saturated rings. The Bertz CT molecular complexity index is 1430. The number of hydrogen-bond acceptors (Lipinski definition) is 5. The van der Waals surface area contributed by atoms with Crippen LogP contribution in [0.5, 0.6) is 5.88 Å². The number of aryl methyl sites for hydroxylation is 1. The van der Waals surface area contributed by atoms with E-state index in [1.165, 1.54) is 12.8 Å². The number of rotatable bonds is 5. The summed E-state index contributed by atoms with van der Waals surface area (Å²) in [6, 6.07) is 12.2. The van der Waals surface area contributed by atoms with Crippen molar-refractivity contribution >= 4 is 28.0 Å². The molecule has 35 heavy (non-hydrogen) atoms. The van der Waals surface area contributed by atoms with Gasteiger partial charge in [-0.1, -0.05) is 0 Å². The molecule has 0 unspecified atom stereocenters. The van der Waals surface area contributed by atoms with Gasteiger partial charge in [-0.25, -0.2) is 4.98 Å². The molecule has 0 spiro atoms. The summed E-state index contributed by atoms with van der Waals surface area (Å²) in [6.45, 7) is 3.62. The number of benzene rings is 1. The Morgan fingerprint density at radius 1 is 1.11 bits per heavy atom. The summed E-state index contributed by atoms with van der Waals surface area (Å²) in [5.41, 5.74) is 10.6. The number of methoxy groups -OCH3 is 1. The lowest BCUT2D eigenvalue weighted by Gasteiger charge is -2.36. The van der Waals surface area contributed by atoms with Crippen LogP contribution in [0, 0.1) is 5.92 Å². The van der Waals surface area contributed by atoms with E-state index in [9.17, 15) is 4.79 Å². The average molecular weight is 473 g/mol. The number of carbonyl (C=O) groups is 1. The Kier molecular flexibility index (Phi) is 5.29. The van der Waals surface area contributed by atoms with Crippen LogP contribution in [0.3, 0.4) is 0 Å². The smallest absolute Gasteiger partial charge is 0.254 e. The first-order valence-electron chi connectivity index (χ1n) is 12.5. The molecule has 2 atom stereocenters. The van der Waals surface area contributed by atoms with Crippen molar-refractivity contribution < 1.29 is 9.53 Å². The number of aromatic nitrogens is 4. The van der Waals surface area contributed by atoms with Gasteiger partial charge in [0.15, 0.2) is 5.82 Å². The van der Waals surface area contributed by atoms with Gasteiger partial charge in [0.2, 0.25) is 5.88 Å². The molecule has 4 heterocycles. The zero-order valence-electron chi connectivity index (χ0n) is 20.6. The summed E-state index contributed by atoms with van der Waals surface area (Å²) in [5.74, 6) is 2.18. The van der Waals surface area contributed by atoms with E-state index in [-0.39, 0.29) is 18.0 Å². The minimum absolute atomic E-state index is 0.0286. The Hall–Kier alpha value is -3.39. The number of nitrogens with zero attached hydrogens (tertiary/aromatic N) is 5. The van der Waals surface area contributed by atoms with Gasteiger partial charge in [0.05, 0.1) is 23.8 Å². The number of nitrogens with two attached hydrogens (primary N) is 1. The van der Waals surface area contributed by atoms with Crippen molar-refractivity contribution in [3.05, 3.63) is 42.0 Å². The van der Waals surface area contributed by atoms with E-state index in [2.05, 4.69) is 28.2 Å². The zero-order valence-corrected chi connectivity index (χ0v) is 20.6. The van der Waals surface area contributed by atoms with Crippen molar-refractivity contribution in [3.8, 4) is 17.4 Å². The molecule has 2 aliphatic rings. The van der Waals surface area contributed by atoms with Gasteiger partial charge in [-0.05, 0) is 68.9 Å². The second-order valence-electron chi connectivity index (χ2n) is 10.2. The minimum Gasteiger partial charge on any atom is -0.481 e. The summed E-state index contributed by atoms with van der Waals surface area (Å²) in [5, 5.41) is 1.07. The van der Waals surface area contributed by atoms with Gasteiger partial charge in [0.25, 0.3) is 5.91 Å². The molecule has 1 aliphatic carbocycles. The van der Waals surface area contributed by atoms with Gasteiger partial charge in [0, 0.05) is 49.2 Å². The normalized spacial score (nSPS) is 20.6. The van der Waals surface area contributed by atoms with Gasteiger partial charge in [-0.15, -0.1) is 0 Å². The van der Waals surface area contributed by atoms with E-state index >= 15 is 0 Å². The first-order valence-corrected chi connectivity index (χ1v) is 12.5. The molecule has 6 rings (SSSR count). The molecule has 1 amide bonds. The second kappa shape index (κ2) is 8.37. The lowest BCUT2D eigenvalue weighted by Crippen LogP contribution is -2.50. The van der Waals surface area contributed by atoms with Crippen molar-refractivity contribution in [1.29, 1.82) is 0 Å². The summed E-state index contributed by atoms with van der Waals surface area (Å²) >= 11 is 0. The molecule has 3 aromatic heterocycles. The molecule has 1 aliphatic heterocycles. The Morgan fingerprint density at radius 2 is 1.94 bits per heavy atom. The number of ether oxygens (including phenoxy) is 1. The third-order valence-electron chi connectivity index (χ3n) is 7.60. The molecule has 1 aromatic carbocycles. The van der Waals surface area contributed by atoms with Crippen LogP contribution in [0.4, 0.5) is 0 Å². The largest absolute Gasteiger partial charge is 0.481 e. The first-order chi connectivity index (χ1) is 16.9. The van der Waals surface area contributed by atoms with Crippen molar-refractivity contribution in [2.24, 2.45) is 18.7 Å². The molecule has 0 radical (unpaired) electrons. The molecule has 0 bridgehead atoms. The van der Waals surface area contributed by atoms with Crippen LogP contribution >= 0.6 is 0 Å². The maximum Gasteiger partial charge on any atom is 0.254 e. The van der Waals surface area contributed by atoms with E-state index in [4.69, 9.17) is 20.4 Å². The fourth-order valence-electron chi connectivity index (χ4n) is 5.30. The molecule has 8 nitrogen and oxygen atoms in total. The minimum atomic E-state index is 0.0286. The van der Waals surface area contributed by atoms with Crippen LogP contribution in [-0.4, -0.2) is 55.6 Å². The molecule has 1 saturated heterocycles. The van der Waals surface area contributed by atoms with E-state index in [0.717, 1.165) is 53.0 Å². The van der Waals surface area contributed by atoms with Crippen LogP contribution in [0.2, 0.25) is 0 Å². The predicted octanol–water partition coefficient (Wildman–Crippen LogP) is 3.96. The van der Waals surface area contributed by atoms with Gasteiger partial charge in [0.1, 0.15) is 5.65 Å². The maximum atomic E-state index is 13.3. The van der Waals surface area contributed by atoms with E-state index in [0.29, 0.717) is 23.9 Å². The number of fused-ring (bicyclic) bond motifs is 2. The van der Waals surface area contributed by atoms with Gasteiger partial charge >= 0.3 is 0 Å². The molecule has 1 saturated carbocycles. The number of pyridine rings is 1. The predicted molar refractivity (Wildman–Crippen MR) is 136 cm³/mol. The molecule has 182 valence electrons. The second-order valence-corrected chi connectivity index (χ2v) is 10.2. The fourth-order valence-corrected chi connectivity index (χ4v) is 5.30. The highest BCUT2D eigenvalue weighted by molar-refractivity contribution is 5.98. The fraction of sp³-hybridized carbons (Fsp3) is 0.444. The maximum absolute atomic E-state index is 13.3. The highest BCUT2D eigenvalue weighted by Crippen LogP contribution is 2.36. The lowest BCUT2D eigenvalue weighted by atomic mass is 9.99. The molecule has 8 heteroatoms. The number of piperidine rings is 1. The molecular formula is C27H32N6O2. The number of likely N-dealkylation sites (tertiary alicyclic amines) is 1. The highest BCUT2D eigenvalue weighted by Gasteiger charge is 2.29. The monoisotopic (exact) mass is 472 g/mol. The summed E-state index contributed by atoms with van der Waals surface area (Å²) in [4.78, 5) is 25.0. The number of hydrogen-bond donors (Lipinski definition) is 1. The van der Waals surface area contributed by atoms with Crippen LogP contribution in [0.1, 0.15) is 43.0 Å². The zero-order chi connectivity index (χ0) is 24.3. The summed E-state index contributed by atoms with van der Waals surface area (Å²) in [6.07, 6.45) is 4.39. The Morgan fingerprint density at radius 3 is 2.71 bits per heavy atom. The van der Waals surface area contributed by atoms with Crippen molar-refractivity contribution in [1.82, 2.24) is 24.0 Å². The standard InChI is InChI=1S/C27H32N6O2/c1-16-4-9-20(28)15-32(16)27(34)19-7-10-22-21(12-19)29-26(31(22)2)23-13-18-8-11-24(35-3)30-25(18)33(23)14-17-5-6-17/h7-8,10-13,16-17,20H,4-6,9,14-15,28H2,1-3H3/t16-,20+/m0/s1. The lowest BCUT2D eigenvalue weighted by molar-refractivity contribution is 0.0613. The number of carbonyl (C=O) groups excluding carboxylic acids is 1. The van der Waals surface area contributed by atoms with Gasteiger partial charge in [-0.3, -0.25) is 4.79 Å². The third-order valence-corrected chi connectivity index (χ3v) is 7.60. The van der Waals surface area contributed by atoms with Crippen molar-refractivity contribution in [2.45, 2.75) is 51.2 Å². The average Bonchev–Trinajstić information content (AvgIpc) is 3.54. The van der Waals surface area contributed by atoms with Crippen molar-refractivity contribution in [3.63, 3.8) is 0 Å². The van der Waals surface area contributed by atoms with Crippen LogP contribution in [0.15, 0.2) is 36.4 Å². The van der Waals surface area contributed by atoms with E-state index in [1.807, 2.05) is 36.2 Å². The molecule has 4 aromatic rings. The topological polar surface area (TPSA) is 91.2 Å². The third kappa shape index (κ3) is 3.86.